The highest BCUT2D eigenvalue weighted by molar-refractivity contribution is 5.91. The number of nitrogens with one attached hydrogen (secondary N) is 1. The van der Waals surface area contributed by atoms with Crippen molar-refractivity contribution in [1.82, 2.24) is 9.97 Å². The van der Waals surface area contributed by atoms with E-state index < -0.39 is 0 Å². The highest BCUT2D eigenvalue weighted by Crippen LogP contribution is 2.27. The van der Waals surface area contributed by atoms with Crippen LogP contribution in [0.1, 0.15) is 63.6 Å². The van der Waals surface area contributed by atoms with Gasteiger partial charge in [-0.1, -0.05) is 49.1 Å². The van der Waals surface area contributed by atoms with E-state index in [1.807, 2.05) is 44.2 Å². The Balaban J connectivity index is 1.79. The standard InChI is InChI=1S/C23H29N3O2/c1-16(2)12-20-23(26-22(28)13-17-6-4-3-5-7-17)24-14-21(25-20)19-10-8-18(15-27)9-11-19/h8-12,14,17,27H,3-7,13,15H2,1-2H3,(H,24,26,28). The average molecular weight is 380 g/mol. The predicted octanol–water partition coefficient (Wildman–Crippen LogP) is 4.97. The average Bonchev–Trinajstić information content (AvgIpc) is 2.70. The van der Waals surface area contributed by atoms with Crippen molar-refractivity contribution < 1.29 is 9.90 Å². The van der Waals surface area contributed by atoms with E-state index in [1.165, 1.54) is 19.3 Å². The first-order chi connectivity index (χ1) is 13.5. The summed E-state index contributed by atoms with van der Waals surface area (Å²) in [4.78, 5) is 21.7. The number of allylic oxidation sites excluding steroid dienone is 1. The molecule has 2 N–H and O–H groups in total. The van der Waals surface area contributed by atoms with Gasteiger partial charge in [0.1, 0.15) is 5.69 Å². The largest absolute Gasteiger partial charge is 0.392 e. The van der Waals surface area contributed by atoms with Crippen LogP contribution in [0.5, 0.6) is 0 Å². The lowest BCUT2D eigenvalue weighted by Crippen LogP contribution is -2.19. The fraction of sp³-hybridized carbons (Fsp3) is 0.435. The van der Waals surface area contributed by atoms with Crippen LogP contribution in [0.2, 0.25) is 0 Å². The van der Waals surface area contributed by atoms with E-state index >= 15 is 0 Å². The number of hydrogen-bond donors (Lipinski definition) is 2. The van der Waals surface area contributed by atoms with Crippen molar-refractivity contribution >= 4 is 17.8 Å². The number of anilines is 1. The summed E-state index contributed by atoms with van der Waals surface area (Å²) >= 11 is 0. The SMILES string of the molecule is CC(C)=Cc1nc(-c2ccc(CO)cc2)cnc1NC(=O)CC1CCCCC1. The maximum Gasteiger partial charge on any atom is 0.225 e. The molecule has 1 aromatic heterocycles. The Bertz CT molecular complexity index is 833. The zero-order valence-electron chi connectivity index (χ0n) is 16.7. The van der Waals surface area contributed by atoms with Gasteiger partial charge in [-0.2, -0.15) is 0 Å². The van der Waals surface area contributed by atoms with Gasteiger partial charge in [-0.3, -0.25) is 4.79 Å². The lowest BCUT2D eigenvalue weighted by molar-refractivity contribution is -0.117. The predicted molar refractivity (Wildman–Crippen MR) is 113 cm³/mol. The van der Waals surface area contributed by atoms with Gasteiger partial charge in [0.25, 0.3) is 0 Å². The van der Waals surface area contributed by atoms with E-state index in [-0.39, 0.29) is 12.5 Å². The Morgan fingerprint density at radius 1 is 1.18 bits per heavy atom. The molecular formula is C23H29N3O2. The van der Waals surface area contributed by atoms with Crippen LogP contribution in [-0.2, 0) is 11.4 Å². The van der Waals surface area contributed by atoms with E-state index in [0.29, 0.717) is 23.9 Å². The Morgan fingerprint density at radius 2 is 1.89 bits per heavy atom. The van der Waals surface area contributed by atoms with Crippen LogP contribution >= 0.6 is 0 Å². The summed E-state index contributed by atoms with van der Waals surface area (Å²) in [5.41, 5.74) is 4.27. The number of hydrogen-bond acceptors (Lipinski definition) is 4. The van der Waals surface area contributed by atoms with Crippen molar-refractivity contribution in [3.8, 4) is 11.3 Å². The minimum Gasteiger partial charge on any atom is -0.392 e. The van der Waals surface area contributed by atoms with Gasteiger partial charge in [-0.05, 0) is 44.2 Å². The molecule has 0 aliphatic heterocycles. The topological polar surface area (TPSA) is 75.1 Å². The molecule has 1 saturated carbocycles. The Kier molecular flexibility index (Phi) is 6.93. The summed E-state index contributed by atoms with van der Waals surface area (Å²) in [6.45, 7) is 4.01. The molecule has 0 saturated heterocycles. The first-order valence-corrected chi connectivity index (χ1v) is 10.1. The summed E-state index contributed by atoms with van der Waals surface area (Å²) in [6.07, 6.45) is 10.2. The third-order valence-electron chi connectivity index (χ3n) is 5.11. The van der Waals surface area contributed by atoms with Gasteiger partial charge in [-0.15, -0.1) is 0 Å². The van der Waals surface area contributed by atoms with E-state index in [1.54, 1.807) is 6.20 Å². The fourth-order valence-electron chi connectivity index (χ4n) is 3.63. The van der Waals surface area contributed by atoms with E-state index in [9.17, 15) is 9.90 Å². The highest BCUT2D eigenvalue weighted by Gasteiger charge is 2.18. The van der Waals surface area contributed by atoms with Crippen molar-refractivity contribution in [3.63, 3.8) is 0 Å². The molecule has 1 amide bonds. The molecule has 1 aromatic carbocycles. The van der Waals surface area contributed by atoms with Crippen LogP contribution in [0, 0.1) is 5.92 Å². The summed E-state index contributed by atoms with van der Waals surface area (Å²) in [5.74, 6) is 1.01. The highest BCUT2D eigenvalue weighted by atomic mass is 16.3. The second-order valence-corrected chi connectivity index (χ2v) is 7.82. The first kappa shape index (κ1) is 20.2. The third-order valence-corrected chi connectivity index (χ3v) is 5.11. The number of carbonyl (C=O) groups is 1. The smallest absolute Gasteiger partial charge is 0.225 e. The quantitative estimate of drug-likeness (QED) is 0.743. The molecule has 28 heavy (non-hydrogen) atoms. The molecule has 0 spiro atoms. The molecule has 1 aliphatic rings. The van der Waals surface area contributed by atoms with Gasteiger partial charge in [0.15, 0.2) is 5.82 Å². The van der Waals surface area contributed by atoms with Gasteiger partial charge in [0.05, 0.1) is 18.5 Å². The van der Waals surface area contributed by atoms with Crippen LogP contribution in [0.15, 0.2) is 36.0 Å². The molecule has 1 heterocycles. The maximum atomic E-state index is 12.5. The van der Waals surface area contributed by atoms with E-state index in [4.69, 9.17) is 4.98 Å². The van der Waals surface area contributed by atoms with Crippen LogP contribution in [0.3, 0.4) is 0 Å². The Morgan fingerprint density at radius 3 is 2.54 bits per heavy atom. The van der Waals surface area contributed by atoms with Gasteiger partial charge in [0, 0.05) is 12.0 Å². The number of aliphatic hydroxyl groups excluding tert-OH is 1. The molecule has 3 rings (SSSR count). The summed E-state index contributed by atoms with van der Waals surface area (Å²) in [6, 6.07) is 7.58. The molecule has 1 fully saturated rings. The Labute approximate surface area is 166 Å². The second-order valence-electron chi connectivity index (χ2n) is 7.82. The van der Waals surface area contributed by atoms with Crippen molar-refractivity contribution in [2.75, 3.05) is 5.32 Å². The van der Waals surface area contributed by atoms with E-state index in [2.05, 4.69) is 10.3 Å². The molecule has 148 valence electrons. The number of aliphatic hydroxyl groups is 1. The molecule has 0 bridgehead atoms. The number of aromatic nitrogens is 2. The zero-order valence-corrected chi connectivity index (χ0v) is 16.7. The Hall–Kier alpha value is -2.53. The minimum absolute atomic E-state index is 0.0148. The second kappa shape index (κ2) is 9.60. The number of rotatable bonds is 6. The number of amides is 1. The van der Waals surface area contributed by atoms with Crippen LogP contribution in [-0.4, -0.2) is 21.0 Å². The van der Waals surface area contributed by atoms with Gasteiger partial charge < -0.3 is 10.4 Å². The number of benzene rings is 1. The molecule has 5 nitrogen and oxygen atoms in total. The maximum absolute atomic E-state index is 12.5. The first-order valence-electron chi connectivity index (χ1n) is 10.1. The van der Waals surface area contributed by atoms with Crippen LogP contribution < -0.4 is 5.32 Å². The monoisotopic (exact) mass is 379 g/mol. The van der Waals surface area contributed by atoms with Gasteiger partial charge in [0.2, 0.25) is 5.91 Å². The number of carbonyl (C=O) groups excluding carboxylic acids is 1. The zero-order chi connectivity index (χ0) is 19.9. The molecule has 1 aliphatic carbocycles. The van der Waals surface area contributed by atoms with Crippen molar-refractivity contribution in [3.05, 3.63) is 47.3 Å². The van der Waals surface area contributed by atoms with E-state index in [0.717, 1.165) is 35.2 Å². The van der Waals surface area contributed by atoms with Crippen LogP contribution in [0.4, 0.5) is 5.82 Å². The molecule has 5 heteroatoms. The third kappa shape index (κ3) is 5.49. The summed E-state index contributed by atoms with van der Waals surface area (Å²) in [5, 5.41) is 12.2. The molecular weight excluding hydrogens is 350 g/mol. The lowest BCUT2D eigenvalue weighted by atomic mass is 9.87. The van der Waals surface area contributed by atoms with Crippen molar-refractivity contribution in [1.29, 1.82) is 0 Å². The normalized spacial score (nSPS) is 14.5. The summed E-state index contributed by atoms with van der Waals surface area (Å²) < 4.78 is 0. The molecule has 2 aromatic rings. The minimum atomic E-state index is 0.0148. The molecule has 0 atom stereocenters. The van der Waals surface area contributed by atoms with Crippen LogP contribution in [0.25, 0.3) is 17.3 Å². The van der Waals surface area contributed by atoms with Crippen molar-refractivity contribution in [2.45, 2.75) is 59.0 Å². The lowest BCUT2D eigenvalue weighted by Gasteiger charge is -2.20. The fourth-order valence-corrected chi connectivity index (χ4v) is 3.63. The van der Waals surface area contributed by atoms with Gasteiger partial charge in [-0.25, -0.2) is 9.97 Å². The molecule has 0 unspecified atom stereocenters. The van der Waals surface area contributed by atoms with Gasteiger partial charge >= 0.3 is 0 Å². The summed E-state index contributed by atoms with van der Waals surface area (Å²) in [7, 11) is 0. The number of nitrogens with zero attached hydrogens (tertiary/aromatic N) is 2. The van der Waals surface area contributed by atoms with Crippen molar-refractivity contribution in [2.24, 2.45) is 5.92 Å². The molecule has 0 radical (unpaired) electrons.